The summed E-state index contributed by atoms with van der Waals surface area (Å²) in [6.45, 7) is 6.35. The van der Waals surface area contributed by atoms with Gasteiger partial charge in [0.1, 0.15) is 5.75 Å². The Morgan fingerprint density at radius 3 is 2.45 bits per heavy atom. The highest BCUT2D eigenvalue weighted by Gasteiger charge is 2.18. The molecule has 2 N–H and O–H groups in total. The molecule has 2 aromatic heterocycles. The monoisotopic (exact) mass is 295 g/mol. The highest BCUT2D eigenvalue weighted by atomic mass is 16.3. The molecular weight excluding hydrogens is 278 g/mol. The summed E-state index contributed by atoms with van der Waals surface area (Å²) in [6, 6.07) is 7.24. The number of hydrogen-bond acceptors (Lipinski definition) is 5. The molecule has 3 rings (SSSR count). The Morgan fingerprint density at radius 2 is 1.77 bits per heavy atom. The van der Waals surface area contributed by atoms with Crippen molar-refractivity contribution in [1.29, 1.82) is 0 Å². The van der Waals surface area contributed by atoms with E-state index >= 15 is 0 Å². The summed E-state index contributed by atoms with van der Waals surface area (Å²) in [4.78, 5) is 12.6. The van der Waals surface area contributed by atoms with Gasteiger partial charge in [0.15, 0.2) is 11.6 Å². The van der Waals surface area contributed by atoms with E-state index in [9.17, 15) is 5.11 Å². The smallest absolute Gasteiger partial charge is 0.219 e. The zero-order valence-corrected chi connectivity index (χ0v) is 12.7. The minimum atomic E-state index is -0.0200. The summed E-state index contributed by atoms with van der Waals surface area (Å²) in [5.41, 5.74) is 1.70. The lowest BCUT2D eigenvalue weighted by Gasteiger charge is -2.19. The van der Waals surface area contributed by atoms with Crippen LogP contribution >= 0.6 is 0 Å². The third kappa shape index (κ3) is 2.67. The number of aromatic hydroxyl groups is 1. The number of nitrogens with zero attached hydrogens (tertiary/aromatic N) is 4. The maximum Gasteiger partial charge on any atom is 0.219 e. The van der Waals surface area contributed by atoms with E-state index in [1.54, 1.807) is 24.5 Å². The highest BCUT2D eigenvalue weighted by Crippen LogP contribution is 2.32. The van der Waals surface area contributed by atoms with Crippen LogP contribution < -0.4 is 0 Å². The summed E-state index contributed by atoms with van der Waals surface area (Å²) < 4.78 is 0. The molecule has 0 aliphatic carbocycles. The molecule has 0 atom stereocenters. The fraction of sp³-hybridized carbons (Fsp3) is 0.250. The summed E-state index contributed by atoms with van der Waals surface area (Å²) in [5.74, 6) is 1.49. The SMILES string of the molecule is CC(C)(C)c1ccc(O)c(-c2nc(-c3ncccn3)n[nH]2)c1. The van der Waals surface area contributed by atoms with E-state index in [0.717, 1.165) is 5.56 Å². The second-order valence-corrected chi connectivity index (χ2v) is 6.06. The van der Waals surface area contributed by atoms with Crippen molar-refractivity contribution in [2.75, 3.05) is 0 Å². The van der Waals surface area contributed by atoms with Gasteiger partial charge in [0.05, 0.1) is 5.56 Å². The van der Waals surface area contributed by atoms with Crippen molar-refractivity contribution in [3.05, 3.63) is 42.2 Å². The van der Waals surface area contributed by atoms with E-state index in [4.69, 9.17) is 0 Å². The quantitative estimate of drug-likeness (QED) is 0.759. The molecule has 0 spiro atoms. The Kier molecular flexibility index (Phi) is 3.36. The van der Waals surface area contributed by atoms with Crippen LogP contribution in [-0.4, -0.2) is 30.3 Å². The fourth-order valence-electron chi connectivity index (χ4n) is 2.09. The van der Waals surface area contributed by atoms with Crippen molar-refractivity contribution in [3.8, 4) is 28.8 Å². The molecule has 0 radical (unpaired) electrons. The number of phenolic OH excluding ortho intramolecular Hbond substituents is 1. The molecule has 112 valence electrons. The second-order valence-electron chi connectivity index (χ2n) is 6.06. The largest absolute Gasteiger partial charge is 0.507 e. The number of aromatic amines is 1. The van der Waals surface area contributed by atoms with Gasteiger partial charge in [-0.1, -0.05) is 26.8 Å². The average molecular weight is 295 g/mol. The van der Waals surface area contributed by atoms with Gasteiger partial charge in [-0.05, 0) is 29.2 Å². The van der Waals surface area contributed by atoms with Gasteiger partial charge >= 0.3 is 0 Å². The number of phenols is 1. The molecule has 0 unspecified atom stereocenters. The maximum absolute atomic E-state index is 10.1. The van der Waals surface area contributed by atoms with Crippen molar-refractivity contribution < 1.29 is 5.11 Å². The van der Waals surface area contributed by atoms with Crippen molar-refractivity contribution in [2.45, 2.75) is 26.2 Å². The Bertz CT molecular complexity index is 790. The molecule has 2 heterocycles. The minimum absolute atomic E-state index is 0.0200. The average Bonchev–Trinajstić information content (AvgIpc) is 2.97. The Morgan fingerprint density at radius 1 is 1.05 bits per heavy atom. The van der Waals surface area contributed by atoms with E-state index in [2.05, 4.69) is 45.9 Å². The first-order chi connectivity index (χ1) is 10.4. The zero-order chi connectivity index (χ0) is 15.7. The lowest BCUT2D eigenvalue weighted by molar-refractivity contribution is 0.475. The number of nitrogens with one attached hydrogen (secondary N) is 1. The molecule has 0 amide bonds. The maximum atomic E-state index is 10.1. The van der Waals surface area contributed by atoms with Gasteiger partial charge < -0.3 is 5.11 Å². The third-order valence-corrected chi connectivity index (χ3v) is 3.37. The first kappa shape index (κ1) is 14.2. The van der Waals surface area contributed by atoms with E-state index in [0.29, 0.717) is 23.0 Å². The van der Waals surface area contributed by atoms with Crippen LogP contribution in [0.5, 0.6) is 5.75 Å². The van der Waals surface area contributed by atoms with Gasteiger partial charge in [0.25, 0.3) is 0 Å². The summed E-state index contributed by atoms with van der Waals surface area (Å²) in [6.07, 6.45) is 3.27. The third-order valence-electron chi connectivity index (χ3n) is 3.37. The van der Waals surface area contributed by atoms with Crippen molar-refractivity contribution in [2.24, 2.45) is 0 Å². The molecule has 0 aliphatic rings. The molecular formula is C16H17N5O. The predicted molar refractivity (Wildman–Crippen MR) is 83.2 cm³/mol. The standard InChI is InChI=1S/C16H17N5O/c1-16(2,3)10-5-6-12(22)11(9-10)13-19-15(21-20-13)14-17-7-4-8-18-14/h4-9,22H,1-3H3,(H,19,20,21). The van der Waals surface area contributed by atoms with Crippen molar-refractivity contribution in [1.82, 2.24) is 25.1 Å². The lowest BCUT2D eigenvalue weighted by Crippen LogP contribution is -2.10. The normalized spacial score (nSPS) is 11.6. The van der Waals surface area contributed by atoms with Gasteiger partial charge in [-0.3, -0.25) is 5.10 Å². The van der Waals surface area contributed by atoms with Crippen molar-refractivity contribution in [3.63, 3.8) is 0 Å². The lowest BCUT2D eigenvalue weighted by atomic mass is 9.86. The van der Waals surface area contributed by atoms with E-state index < -0.39 is 0 Å². The second kappa shape index (κ2) is 5.22. The van der Waals surface area contributed by atoms with Gasteiger partial charge in [-0.15, -0.1) is 5.10 Å². The van der Waals surface area contributed by atoms with Crippen LogP contribution in [-0.2, 0) is 5.41 Å². The Balaban J connectivity index is 2.04. The van der Waals surface area contributed by atoms with Gasteiger partial charge in [0.2, 0.25) is 5.82 Å². The Labute approximate surface area is 128 Å². The summed E-state index contributed by atoms with van der Waals surface area (Å²) in [7, 11) is 0. The molecule has 1 aromatic carbocycles. The van der Waals surface area contributed by atoms with Crippen LogP contribution in [0.25, 0.3) is 23.0 Å². The molecule has 0 aliphatic heterocycles. The molecule has 0 saturated heterocycles. The zero-order valence-electron chi connectivity index (χ0n) is 12.7. The molecule has 3 aromatic rings. The van der Waals surface area contributed by atoms with E-state index in [1.165, 1.54) is 0 Å². The fourth-order valence-corrected chi connectivity index (χ4v) is 2.09. The summed E-state index contributed by atoms with van der Waals surface area (Å²) in [5, 5.41) is 17.1. The first-order valence-electron chi connectivity index (χ1n) is 6.99. The number of H-pyrrole nitrogens is 1. The summed E-state index contributed by atoms with van der Waals surface area (Å²) >= 11 is 0. The van der Waals surface area contributed by atoms with Crippen LogP contribution in [0, 0.1) is 0 Å². The Hall–Kier alpha value is -2.76. The molecule has 22 heavy (non-hydrogen) atoms. The van der Waals surface area contributed by atoms with Crippen LogP contribution in [0.3, 0.4) is 0 Å². The number of hydrogen-bond donors (Lipinski definition) is 2. The molecule has 0 bridgehead atoms. The van der Waals surface area contributed by atoms with Crippen LogP contribution in [0.1, 0.15) is 26.3 Å². The van der Waals surface area contributed by atoms with E-state index in [1.807, 2.05) is 12.1 Å². The van der Waals surface area contributed by atoms with Crippen LogP contribution in [0.15, 0.2) is 36.7 Å². The molecule has 0 saturated carbocycles. The highest BCUT2D eigenvalue weighted by molar-refractivity contribution is 5.66. The number of aromatic nitrogens is 5. The molecule has 0 fully saturated rings. The first-order valence-corrected chi connectivity index (χ1v) is 6.99. The molecule has 6 heteroatoms. The van der Waals surface area contributed by atoms with Gasteiger partial charge in [-0.2, -0.15) is 0 Å². The topological polar surface area (TPSA) is 87.6 Å². The number of benzene rings is 1. The van der Waals surface area contributed by atoms with Crippen LogP contribution in [0.4, 0.5) is 0 Å². The number of rotatable bonds is 2. The minimum Gasteiger partial charge on any atom is -0.507 e. The van der Waals surface area contributed by atoms with Crippen molar-refractivity contribution >= 4 is 0 Å². The molecule has 6 nitrogen and oxygen atoms in total. The van der Waals surface area contributed by atoms with Gasteiger partial charge in [-0.25, -0.2) is 15.0 Å². The van der Waals surface area contributed by atoms with E-state index in [-0.39, 0.29) is 11.2 Å². The van der Waals surface area contributed by atoms with Crippen LogP contribution in [0.2, 0.25) is 0 Å². The predicted octanol–water partition coefficient (Wildman–Crippen LogP) is 2.93. The van der Waals surface area contributed by atoms with Gasteiger partial charge in [0, 0.05) is 12.4 Å².